The van der Waals surface area contributed by atoms with Gasteiger partial charge < -0.3 is 14.5 Å². The average Bonchev–Trinajstić information content (AvgIpc) is 3.13. The monoisotopic (exact) mass is 430 g/mol. The first-order valence-electron chi connectivity index (χ1n) is 9.47. The van der Waals surface area contributed by atoms with Crippen molar-refractivity contribution in [3.05, 3.63) is 59.9 Å². The van der Waals surface area contributed by atoms with Crippen LogP contribution in [0.25, 0.3) is 0 Å². The van der Waals surface area contributed by atoms with E-state index in [9.17, 15) is 18.8 Å². The summed E-state index contributed by atoms with van der Waals surface area (Å²) in [6.07, 6.45) is 2.02. The van der Waals surface area contributed by atoms with E-state index >= 15 is 0 Å². The molecule has 3 rings (SSSR count). The van der Waals surface area contributed by atoms with Gasteiger partial charge in [-0.15, -0.1) is 11.8 Å². The summed E-state index contributed by atoms with van der Waals surface area (Å²) in [6, 6.07) is 13.5. The Hall–Kier alpha value is -2.87. The SMILES string of the molecule is CSc1ccc(N2CC(C(=O)OCC(=O)N(C)Cc3cccc(F)c3)CC2=O)cc1. The quantitative estimate of drug-likeness (QED) is 0.499. The van der Waals surface area contributed by atoms with Gasteiger partial charge in [0.1, 0.15) is 5.82 Å². The highest BCUT2D eigenvalue weighted by Gasteiger charge is 2.36. The van der Waals surface area contributed by atoms with E-state index < -0.39 is 24.4 Å². The largest absolute Gasteiger partial charge is 0.455 e. The van der Waals surface area contributed by atoms with Crippen LogP contribution in [-0.4, -0.2) is 49.1 Å². The van der Waals surface area contributed by atoms with Crippen LogP contribution >= 0.6 is 11.8 Å². The number of halogens is 1. The van der Waals surface area contributed by atoms with Gasteiger partial charge in [0.2, 0.25) is 5.91 Å². The lowest BCUT2D eigenvalue weighted by molar-refractivity contribution is -0.155. The fraction of sp³-hybridized carbons (Fsp3) is 0.318. The van der Waals surface area contributed by atoms with Crippen molar-refractivity contribution in [1.29, 1.82) is 0 Å². The minimum Gasteiger partial charge on any atom is -0.455 e. The van der Waals surface area contributed by atoms with E-state index in [1.54, 1.807) is 35.8 Å². The zero-order chi connectivity index (χ0) is 21.7. The summed E-state index contributed by atoms with van der Waals surface area (Å²) in [4.78, 5) is 41.0. The van der Waals surface area contributed by atoms with Crippen molar-refractivity contribution in [3.63, 3.8) is 0 Å². The second kappa shape index (κ2) is 9.75. The van der Waals surface area contributed by atoms with E-state index in [2.05, 4.69) is 0 Å². The maximum absolute atomic E-state index is 13.3. The predicted molar refractivity (Wildman–Crippen MR) is 113 cm³/mol. The molecule has 0 aliphatic carbocycles. The van der Waals surface area contributed by atoms with Crippen molar-refractivity contribution in [1.82, 2.24) is 4.90 Å². The fourth-order valence-corrected chi connectivity index (χ4v) is 3.64. The molecule has 2 amide bonds. The van der Waals surface area contributed by atoms with Crippen LogP contribution in [0.15, 0.2) is 53.4 Å². The number of thioether (sulfide) groups is 1. The number of carbonyl (C=O) groups excluding carboxylic acids is 3. The van der Waals surface area contributed by atoms with Gasteiger partial charge in [0.05, 0.1) is 5.92 Å². The van der Waals surface area contributed by atoms with Crippen LogP contribution in [0.5, 0.6) is 0 Å². The maximum atomic E-state index is 13.3. The van der Waals surface area contributed by atoms with Gasteiger partial charge in [-0.25, -0.2) is 4.39 Å². The van der Waals surface area contributed by atoms with Crippen molar-refractivity contribution in [3.8, 4) is 0 Å². The molecule has 0 spiro atoms. The molecule has 1 unspecified atom stereocenters. The van der Waals surface area contributed by atoms with E-state index in [1.165, 1.54) is 17.0 Å². The van der Waals surface area contributed by atoms with Gasteiger partial charge in [0.15, 0.2) is 6.61 Å². The van der Waals surface area contributed by atoms with Crippen LogP contribution < -0.4 is 4.90 Å². The molecule has 158 valence electrons. The summed E-state index contributed by atoms with van der Waals surface area (Å²) >= 11 is 1.61. The Kier molecular flexibility index (Phi) is 7.10. The first kappa shape index (κ1) is 21.8. The lowest BCUT2D eigenvalue weighted by Crippen LogP contribution is -2.32. The molecule has 0 radical (unpaired) electrons. The average molecular weight is 431 g/mol. The second-order valence-corrected chi connectivity index (χ2v) is 7.97. The third-order valence-corrected chi connectivity index (χ3v) is 5.66. The molecule has 1 aliphatic heterocycles. The Labute approximate surface area is 179 Å². The number of nitrogens with zero attached hydrogens (tertiary/aromatic N) is 2. The van der Waals surface area contributed by atoms with Gasteiger partial charge in [-0.05, 0) is 48.2 Å². The summed E-state index contributed by atoms with van der Waals surface area (Å²) in [5.74, 6) is -2.11. The number of likely N-dealkylation sites (N-methyl/N-ethyl adjacent to an activating group) is 1. The lowest BCUT2D eigenvalue weighted by atomic mass is 10.1. The fourth-order valence-electron chi connectivity index (χ4n) is 3.24. The third-order valence-electron chi connectivity index (χ3n) is 4.91. The summed E-state index contributed by atoms with van der Waals surface area (Å²) in [5, 5.41) is 0. The van der Waals surface area contributed by atoms with E-state index in [0.29, 0.717) is 5.56 Å². The van der Waals surface area contributed by atoms with E-state index in [-0.39, 0.29) is 31.2 Å². The van der Waals surface area contributed by atoms with Gasteiger partial charge in [0, 0.05) is 37.1 Å². The molecule has 2 aromatic carbocycles. The van der Waals surface area contributed by atoms with Crippen molar-refractivity contribution < 1.29 is 23.5 Å². The van der Waals surface area contributed by atoms with E-state index in [4.69, 9.17) is 4.74 Å². The zero-order valence-electron chi connectivity index (χ0n) is 16.8. The van der Waals surface area contributed by atoms with Crippen molar-refractivity contribution in [2.24, 2.45) is 5.92 Å². The van der Waals surface area contributed by atoms with Gasteiger partial charge in [-0.2, -0.15) is 0 Å². The molecule has 6 nitrogen and oxygen atoms in total. The molecular weight excluding hydrogens is 407 g/mol. The number of amides is 2. The first-order valence-corrected chi connectivity index (χ1v) is 10.7. The Morgan fingerprint density at radius 3 is 2.63 bits per heavy atom. The molecule has 0 aromatic heterocycles. The number of rotatable bonds is 7. The first-order chi connectivity index (χ1) is 14.4. The van der Waals surface area contributed by atoms with Crippen LogP contribution in [0.3, 0.4) is 0 Å². The summed E-state index contributed by atoms with van der Waals surface area (Å²) in [6.45, 7) is 0.0112. The van der Waals surface area contributed by atoms with Crippen molar-refractivity contribution in [2.45, 2.75) is 17.9 Å². The van der Waals surface area contributed by atoms with Gasteiger partial charge in [-0.1, -0.05) is 12.1 Å². The Morgan fingerprint density at radius 2 is 1.97 bits per heavy atom. The molecule has 1 heterocycles. The van der Waals surface area contributed by atoms with Crippen LogP contribution in [0.2, 0.25) is 0 Å². The normalized spacial score (nSPS) is 15.9. The standard InChI is InChI=1S/C22H23FN2O4S/c1-24(12-15-4-3-5-17(23)10-15)21(27)14-29-22(28)16-11-20(26)25(13-16)18-6-8-19(30-2)9-7-18/h3-10,16H,11-14H2,1-2H3. The number of hydrogen-bond acceptors (Lipinski definition) is 5. The summed E-state index contributed by atoms with van der Waals surface area (Å²) in [7, 11) is 1.56. The number of carbonyl (C=O) groups is 3. The molecule has 1 fully saturated rings. The molecule has 1 aliphatic rings. The Morgan fingerprint density at radius 1 is 1.23 bits per heavy atom. The van der Waals surface area contributed by atoms with Crippen LogP contribution in [0, 0.1) is 11.7 Å². The number of esters is 1. The highest BCUT2D eigenvalue weighted by molar-refractivity contribution is 7.98. The van der Waals surface area contributed by atoms with Crippen LogP contribution in [0.1, 0.15) is 12.0 Å². The number of benzene rings is 2. The molecular formula is C22H23FN2O4S. The van der Waals surface area contributed by atoms with E-state index in [0.717, 1.165) is 10.6 Å². The van der Waals surface area contributed by atoms with E-state index in [1.807, 2.05) is 30.5 Å². The van der Waals surface area contributed by atoms with Crippen molar-refractivity contribution >= 4 is 35.2 Å². The number of ether oxygens (including phenoxy) is 1. The minimum atomic E-state index is -0.612. The van der Waals surface area contributed by atoms with Crippen LogP contribution in [0.4, 0.5) is 10.1 Å². The summed E-state index contributed by atoms with van der Waals surface area (Å²) < 4.78 is 18.4. The maximum Gasteiger partial charge on any atom is 0.311 e. The molecule has 0 bridgehead atoms. The molecule has 2 aromatic rings. The molecule has 0 saturated carbocycles. The smallest absolute Gasteiger partial charge is 0.311 e. The van der Waals surface area contributed by atoms with Gasteiger partial charge in [0.25, 0.3) is 5.91 Å². The summed E-state index contributed by atoms with van der Waals surface area (Å²) in [5.41, 5.74) is 1.38. The second-order valence-electron chi connectivity index (χ2n) is 7.09. The van der Waals surface area contributed by atoms with Crippen molar-refractivity contribution in [2.75, 3.05) is 31.4 Å². The molecule has 1 atom stereocenters. The number of anilines is 1. The highest BCUT2D eigenvalue weighted by atomic mass is 32.2. The molecule has 8 heteroatoms. The third kappa shape index (κ3) is 5.38. The van der Waals surface area contributed by atoms with Gasteiger partial charge in [-0.3, -0.25) is 14.4 Å². The molecule has 30 heavy (non-hydrogen) atoms. The topological polar surface area (TPSA) is 66.9 Å². The molecule has 0 N–H and O–H groups in total. The lowest BCUT2D eigenvalue weighted by Gasteiger charge is -2.18. The molecule has 1 saturated heterocycles. The Bertz CT molecular complexity index is 935. The minimum absolute atomic E-state index is 0.0520. The highest BCUT2D eigenvalue weighted by Crippen LogP contribution is 2.27. The Balaban J connectivity index is 1.50. The van der Waals surface area contributed by atoms with Crippen LogP contribution in [-0.2, 0) is 25.7 Å². The van der Waals surface area contributed by atoms with Gasteiger partial charge >= 0.3 is 5.97 Å². The number of hydrogen-bond donors (Lipinski definition) is 0. The zero-order valence-corrected chi connectivity index (χ0v) is 17.7. The predicted octanol–water partition coefficient (Wildman–Crippen LogP) is 3.10.